The van der Waals surface area contributed by atoms with E-state index < -0.39 is 0 Å². The Hall–Kier alpha value is -0.940. The molecule has 5 heteroatoms. The molecule has 1 saturated heterocycles. The average molecular weight is 239 g/mol. The number of hydrogen-bond donors (Lipinski definition) is 1. The molecule has 1 aliphatic rings. The molecular formula is C12H21N3O2. The molecule has 0 aromatic carbocycles. The first-order chi connectivity index (χ1) is 7.96. The summed E-state index contributed by atoms with van der Waals surface area (Å²) in [6.07, 6.45) is 1.88. The number of hydrogen-bond acceptors (Lipinski definition) is 5. The Bertz CT molecular complexity index is 370. The molecule has 2 rings (SSSR count). The lowest BCUT2D eigenvalue weighted by molar-refractivity contribution is 0.187. The van der Waals surface area contributed by atoms with Crippen molar-refractivity contribution in [3.8, 4) is 0 Å². The maximum atomic E-state index is 5.91. The van der Waals surface area contributed by atoms with Crippen molar-refractivity contribution in [1.29, 1.82) is 0 Å². The van der Waals surface area contributed by atoms with Gasteiger partial charge in [-0.1, -0.05) is 25.9 Å². The van der Waals surface area contributed by atoms with Crippen LogP contribution in [0, 0.1) is 5.41 Å². The van der Waals surface area contributed by atoms with Crippen LogP contribution in [0.2, 0.25) is 0 Å². The van der Waals surface area contributed by atoms with Crippen molar-refractivity contribution in [2.75, 3.05) is 13.2 Å². The van der Waals surface area contributed by atoms with Gasteiger partial charge in [0.25, 0.3) is 0 Å². The van der Waals surface area contributed by atoms with E-state index >= 15 is 0 Å². The molecule has 1 aromatic rings. The lowest BCUT2D eigenvalue weighted by Gasteiger charge is -2.15. The summed E-state index contributed by atoms with van der Waals surface area (Å²) in [7, 11) is 0. The second-order valence-electron chi connectivity index (χ2n) is 5.92. The summed E-state index contributed by atoms with van der Waals surface area (Å²) in [6, 6.07) is -0.0223. The highest BCUT2D eigenvalue weighted by Gasteiger charge is 2.31. The minimum absolute atomic E-state index is 0.0223. The first-order valence-electron chi connectivity index (χ1n) is 6.11. The summed E-state index contributed by atoms with van der Waals surface area (Å²) >= 11 is 0. The van der Waals surface area contributed by atoms with Crippen molar-refractivity contribution in [2.24, 2.45) is 11.1 Å². The van der Waals surface area contributed by atoms with E-state index in [1.165, 1.54) is 0 Å². The second-order valence-corrected chi connectivity index (χ2v) is 5.92. The number of aromatic nitrogens is 2. The molecule has 0 bridgehead atoms. The predicted molar refractivity (Wildman–Crippen MR) is 63.6 cm³/mol. The van der Waals surface area contributed by atoms with Crippen molar-refractivity contribution in [3.05, 3.63) is 11.7 Å². The molecule has 1 aliphatic heterocycles. The third-order valence-corrected chi connectivity index (χ3v) is 3.02. The number of nitrogens with zero attached hydrogens (tertiary/aromatic N) is 2. The minimum atomic E-state index is -0.0223. The lowest BCUT2D eigenvalue weighted by atomic mass is 9.90. The predicted octanol–water partition coefficient (Wildman–Crippen LogP) is 1.49. The summed E-state index contributed by atoms with van der Waals surface area (Å²) in [5.74, 6) is 1.46. The standard InChI is InChI=1S/C12H21N3O2/c1-12(2,3)5-4-10-14-11(17-15-10)8-6-16-7-9(8)13/h8-9H,4-7,13H2,1-3H3. The highest BCUT2D eigenvalue weighted by Crippen LogP contribution is 2.24. The molecule has 0 spiro atoms. The molecule has 2 unspecified atom stereocenters. The Morgan fingerprint density at radius 1 is 1.35 bits per heavy atom. The van der Waals surface area contributed by atoms with Crippen LogP contribution in [0.5, 0.6) is 0 Å². The van der Waals surface area contributed by atoms with Crippen molar-refractivity contribution < 1.29 is 9.26 Å². The van der Waals surface area contributed by atoms with E-state index in [4.69, 9.17) is 15.0 Å². The van der Waals surface area contributed by atoms with Gasteiger partial charge in [0.15, 0.2) is 5.82 Å². The van der Waals surface area contributed by atoms with Crippen LogP contribution in [0.3, 0.4) is 0 Å². The van der Waals surface area contributed by atoms with Gasteiger partial charge >= 0.3 is 0 Å². The van der Waals surface area contributed by atoms with Crippen LogP contribution < -0.4 is 5.73 Å². The van der Waals surface area contributed by atoms with Crippen LogP contribution in [0.25, 0.3) is 0 Å². The van der Waals surface area contributed by atoms with E-state index in [1.54, 1.807) is 0 Å². The van der Waals surface area contributed by atoms with E-state index in [0.29, 0.717) is 19.1 Å². The van der Waals surface area contributed by atoms with Crippen molar-refractivity contribution in [2.45, 2.75) is 45.6 Å². The third-order valence-electron chi connectivity index (χ3n) is 3.02. The molecular weight excluding hydrogens is 218 g/mol. The SMILES string of the molecule is CC(C)(C)CCc1noc(C2COCC2N)n1. The Balaban J connectivity index is 1.96. The van der Waals surface area contributed by atoms with E-state index in [0.717, 1.165) is 18.7 Å². The molecule has 17 heavy (non-hydrogen) atoms. The largest absolute Gasteiger partial charge is 0.379 e. The molecule has 1 fully saturated rings. The van der Waals surface area contributed by atoms with Gasteiger partial charge in [0.2, 0.25) is 5.89 Å². The van der Waals surface area contributed by atoms with E-state index in [9.17, 15) is 0 Å². The average Bonchev–Trinajstić information content (AvgIpc) is 2.81. The van der Waals surface area contributed by atoms with Crippen molar-refractivity contribution in [3.63, 3.8) is 0 Å². The van der Waals surface area contributed by atoms with Gasteiger partial charge < -0.3 is 15.0 Å². The zero-order valence-electron chi connectivity index (χ0n) is 10.8. The summed E-state index contributed by atoms with van der Waals surface area (Å²) in [5, 5.41) is 4.00. The molecule has 0 amide bonds. The van der Waals surface area contributed by atoms with Gasteiger partial charge in [0.05, 0.1) is 19.1 Å². The Morgan fingerprint density at radius 2 is 2.12 bits per heavy atom. The third kappa shape index (κ3) is 3.26. The normalized spacial score (nSPS) is 25.4. The Morgan fingerprint density at radius 3 is 2.71 bits per heavy atom. The van der Waals surface area contributed by atoms with Crippen LogP contribution in [0.4, 0.5) is 0 Å². The van der Waals surface area contributed by atoms with Crippen LogP contribution >= 0.6 is 0 Å². The highest BCUT2D eigenvalue weighted by atomic mass is 16.5. The van der Waals surface area contributed by atoms with Gasteiger partial charge in [0, 0.05) is 12.5 Å². The molecule has 2 N–H and O–H groups in total. The molecule has 0 saturated carbocycles. The molecule has 1 aromatic heterocycles. The van der Waals surface area contributed by atoms with E-state index in [2.05, 4.69) is 30.9 Å². The van der Waals surface area contributed by atoms with Gasteiger partial charge in [0.1, 0.15) is 0 Å². The molecule has 0 aliphatic carbocycles. The molecule has 0 radical (unpaired) electrons. The summed E-state index contributed by atoms with van der Waals surface area (Å²) in [4.78, 5) is 4.41. The molecule has 5 nitrogen and oxygen atoms in total. The fraction of sp³-hybridized carbons (Fsp3) is 0.833. The number of rotatable bonds is 3. The van der Waals surface area contributed by atoms with Crippen molar-refractivity contribution >= 4 is 0 Å². The number of aryl methyl sites for hydroxylation is 1. The van der Waals surface area contributed by atoms with Crippen LogP contribution in [-0.4, -0.2) is 29.4 Å². The zero-order valence-corrected chi connectivity index (χ0v) is 10.8. The molecule has 2 atom stereocenters. The van der Waals surface area contributed by atoms with Gasteiger partial charge in [-0.25, -0.2) is 0 Å². The van der Waals surface area contributed by atoms with Crippen LogP contribution in [0.1, 0.15) is 44.8 Å². The second kappa shape index (κ2) is 4.74. The topological polar surface area (TPSA) is 74.2 Å². The zero-order chi connectivity index (χ0) is 12.5. The smallest absolute Gasteiger partial charge is 0.233 e. The quantitative estimate of drug-likeness (QED) is 0.865. The summed E-state index contributed by atoms with van der Waals surface area (Å²) < 4.78 is 10.6. The van der Waals surface area contributed by atoms with Crippen LogP contribution in [0.15, 0.2) is 4.52 Å². The number of nitrogens with two attached hydrogens (primary N) is 1. The van der Waals surface area contributed by atoms with Gasteiger partial charge in [-0.15, -0.1) is 0 Å². The van der Waals surface area contributed by atoms with E-state index in [1.807, 2.05) is 0 Å². The summed E-state index contributed by atoms with van der Waals surface area (Å²) in [5.41, 5.74) is 6.20. The molecule has 2 heterocycles. The first kappa shape index (κ1) is 12.5. The highest BCUT2D eigenvalue weighted by molar-refractivity contribution is 5.01. The number of ether oxygens (including phenoxy) is 1. The van der Waals surface area contributed by atoms with E-state index in [-0.39, 0.29) is 17.4 Å². The fourth-order valence-corrected chi connectivity index (χ4v) is 1.83. The molecule has 96 valence electrons. The Kier molecular flexibility index (Phi) is 3.49. The maximum Gasteiger partial charge on any atom is 0.233 e. The fourth-order valence-electron chi connectivity index (χ4n) is 1.83. The lowest BCUT2D eigenvalue weighted by Crippen LogP contribution is -2.27. The monoisotopic (exact) mass is 239 g/mol. The first-order valence-corrected chi connectivity index (χ1v) is 6.11. The van der Waals surface area contributed by atoms with Gasteiger partial charge in [-0.3, -0.25) is 0 Å². The Labute approximate surface area is 102 Å². The summed E-state index contributed by atoms with van der Waals surface area (Å²) in [6.45, 7) is 7.77. The maximum absolute atomic E-state index is 5.91. The van der Waals surface area contributed by atoms with Crippen LogP contribution in [-0.2, 0) is 11.2 Å². The van der Waals surface area contributed by atoms with Crippen molar-refractivity contribution in [1.82, 2.24) is 10.1 Å². The van der Waals surface area contributed by atoms with Gasteiger partial charge in [-0.05, 0) is 11.8 Å². The minimum Gasteiger partial charge on any atom is -0.379 e. The van der Waals surface area contributed by atoms with Gasteiger partial charge in [-0.2, -0.15) is 4.98 Å².